The zero-order valence-electron chi connectivity index (χ0n) is 19.2. The van der Waals surface area contributed by atoms with E-state index >= 15 is 0 Å². The second kappa shape index (κ2) is 11.0. The van der Waals surface area contributed by atoms with E-state index in [4.69, 9.17) is 5.10 Å². The summed E-state index contributed by atoms with van der Waals surface area (Å²) in [5.74, 6) is 1.02. The lowest BCUT2D eigenvalue weighted by atomic mass is 10.0. The Bertz CT molecular complexity index is 921. The Hall–Kier alpha value is -2.86. The maximum atomic E-state index is 12.6. The van der Waals surface area contributed by atoms with Gasteiger partial charge in [0.2, 0.25) is 5.91 Å². The Morgan fingerprint density at radius 2 is 1.94 bits per heavy atom. The van der Waals surface area contributed by atoms with Gasteiger partial charge in [0, 0.05) is 38.2 Å². The molecule has 1 aliphatic heterocycles. The van der Waals surface area contributed by atoms with Crippen molar-refractivity contribution >= 4 is 17.3 Å². The van der Waals surface area contributed by atoms with Crippen LogP contribution >= 0.6 is 0 Å². The number of likely N-dealkylation sites (tertiary alicyclic amines) is 1. The summed E-state index contributed by atoms with van der Waals surface area (Å²) in [6.45, 7) is 9.44. The number of nitrogens with zero attached hydrogens (tertiary/aromatic N) is 3. The highest BCUT2D eigenvalue weighted by atomic mass is 16.1. The second-order valence-corrected chi connectivity index (χ2v) is 7.96. The first-order valence-electron chi connectivity index (χ1n) is 11.2. The molecular weight excluding hydrogens is 386 g/mol. The molecule has 1 aliphatic rings. The number of carbonyl (C=O) groups is 1. The summed E-state index contributed by atoms with van der Waals surface area (Å²) < 4.78 is 1.92. The highest BCUT2D eigenvalue weighted by molar-refractivity contribution is 5.83. The maximum Gasteiger partial charge on any atom is 0.224 e. The molecule has 3 rings (SSSR count). The number of aromatic nitrogens is 2. The lowest BCUT2D eigenvalue weighted by Gasteiger charge is -2.31. The van der Waals surface area contributed by atoms with Crippen LogP contribution in [-0.4, -0.2) is 53.3 Å². The van der Waals surface area contributed by atoms with Crippen LogP contribution < -0.4 is 10.6 Å². The number of hydrogen-bond acceptors (Lipinski definition) is 4. The number of carbonyl (C=O) groups excluding carboxylic acids is 1. The highest BCUT2D eigenvalue weighted by Gasteiger charge is 2.20. The molecule has 0 aliphatic carbocycles. The third-order valence-electron chi connectivity index (χ3n) is 5.89. The number of anilines is 1. The summed E-state index contributed by atoms with van der Waals surface area (Å²) in [5, 5.41) is 11.4. The average Bonchev–Trinajstić information content (AvgIpc) is 3.13. The predicted molar refractivity (Wildman–Crippen MR) is 129 cm³/mol. The van der Waals surface area contributed by atoms with E-state index in [1.165, 1.54) is 0 Å². The van der Waals surface area contributed by atoms with Crippen LogP contribution in [0.15, 0.2) is 48.6 Å². The summed E-state index contributed by atoms with van der Waals surface area (Å²) >= 11 is 0. The first-order chi connectivity index (χ1) is 15.1. The Balaban J connectivity index is 1.76. The molecular formula is C25H35N5O. The molecule has 0 spiro atoms. The van der Waals surface area contributed by atoms with Crippen molar-refractivity contribution in [2.75, 3.05) is 32.0 Å². The molecule has 2 N–H and O–H groups in total. The molecule has 0 saturated carbocycles. The van der Waals surface area contributed by atoms with E-state index < -0.39 is 0 Å². The highest BCUT2D eigenvalue weighted by Crippen LogP contribution is 2.28. The fourth-order valence-electron chi connectivity index (χ4n) is 4.13. The van der Waals surface area contributed by atoms with Gasteiger partial charge >= 0.3 is 0 Å². The zero-order chi connectivity index (χ0) is 22.2. The van der Waals surface area contributed by atoms with E-state index in [-0.39, 0.29) is 11.9 Å². The molecule has 0 unspecified atom stereocenters. The standard InChI is InChI=1S/C25H35N5O/c1-5-10-20(13-14-23(31)27-21-15-17-29(6-2)18-16-21)24-19(3)25(26-4)30(28-24)22-11-8-7-9-12-22/h5,7-13,21,26H,6,14-18H2,1-4H3,(H,27,31)/b10-5-,20-13+. The third-order valence-corrected chi connectivity index (χ3v) is 5.89. The van der Waals surface area contributed by atoms with Crippen LogP contribution in [0.2, 0.25) is 0 Å². The molecule has 1 aromatic carbocycles. The molecule has 0 bridgehead atoms. The molecule has 6 heteroatoms. The summed E-state index contributed by atoms with van der Waals surface area (Å²) in [6, 6.07) is 10.4. The van der Waals surface area contributed by atoms with E-state index in [9.17, 15) is 4.79 Å². The van der Waals surface area contributed by atoms with Crippen molar-refractivity contribution in [3.63, 3.8) is 0 Å². The molecule has 166 valence electrons. The number of piperidine rings is 1. The quantitative estimate of drug-likeness (QED) is 0.628. The van der Waals surface area contributed by atoms with Crippen molar-refractivity contribution in [3.8, 4) is 5.69 Å². The van der Waals surface area contributed by atoms with E-state index in [2.05, 4.69) is 29.4 Å². The van der Waals surface area contributed by atoms with Crippen LogP contribution in [0.5, 0.6) is 0 Å². The van der Waals surface area contributed by atoms with E-state index in [1.807, 2.05) is 67.2 Å². The summed E-state index contributed by atoms with van der Waals surface area (Å²) in [5.41, 5.74) is 3.90. The topological polar surface area (TPSA) is 62.2 Å². The monoisotopic (exact) mass is 421 g/mol. The van der Waals surface area contributed by atoms with Crippen molar-refractivity contribution in [2.24, 2.45) is 0 Å². The molecule has 0 radical (unpaired) electrons. The zero-order valence-corrected chi connectivity index (χ0v) is 19.2. The fourth-order valence-corrected chi connectivity index (χ4v) is 4.13. The van der Waals surface area contributed by atoms with Crippen LogP contribution in [0.1, 0.15) is 44.4 Å². The Labute approximate surface area is 186 Å². The molecule has 0 atom stereocenters. The summed E-state index contributed by atoms with van der Waals surface area (Å²) in [6.07, 6.45) is 8.40. The van der Waals surface area contributed by atoms with Gasteiger partial charge in [-0.05, 0) is 50.9 Å². The normalized spacial score (nSPS) is 16.1. The van der Waals surface area contributed by atoms with Gasteiger partial charge in [-0.2, -0.15) is 5.10 Å². The molecule has 2 heterocycles. The Morgan fingerprint density at radius 3 is 2.55 bits per heavy atom. The van der Waals surface area contributed by atoms with Gasteiger partial charge in [-0.1, -0.05) is 43.4 Å². The Kier molecular flexibility index (Phi) is 8.06. The van der Waals surface area contributed by atoms with Crippen molar-refractivity contribution in [2.45, 2.75) is 46.1 Å². The van der Waals surface area contributed by atoms with Crippen molar-refractivity contribution in [1.82, 2.24) is 20.0 Å². The van der Waals surface area contributed by atoms with Gasteiger partial charge in [0.25, 0.3) is 0 Å². The van der Waals surface area contributed by atoms with E-state index in [0.29, 0.717) is 6.42 Å². The van der Waals surface area contributed by atoms with E-state index in [0.717, 1.165) is 60.8 Å². The van der Waals surface area contributed by atoms with Crippen molar-refractivity contribution in [3.05, 3.63) is 59.8 Å². The van der Waals surface area contributed by atoms with Crippen LogP contribution in [0, 0.1) is 6.92 Å². The number of nitrogens with one attached hydrogen (secondary N) is 2. The van der Waals surface area contributed by atoms with E-state index in [1.54, 1.807) is 0 Å². The first-order valence-corrected chi connectivity index (χ1v) is 11.2. The Morgan fingerprint density at radius 1 is 1.23 bits per heavy atom. The molecule has 1 aromatic heterocycles. The average molecular weight is 422 g/mol. The van der Waals surface area contributed by atoms with Gasteiger partial charge < -0.3 is 15.5 Å². The van der Waals surface area contributed by atoms with Gasteiger partial charge in [-0.25, -0.2) is 4.68 Å². The van der Waals surface area contributed by atoms with Gasteiger partial charge in [-0.3, -0.25) is 4.79 Å². The number of allylic oxidation sites excluding steroid dienone is 3. The van der Waals surface area contributed by atoms with Gasteiger partial charge in [0.05, 0.1) is 11.4 Å². The number of amides is 1. The lowest BCUT2D eigenvalue weighted by molar-refractivity contribution is -0.121. The second-order valence-electron chi connectivity index (χ2n) is 7.96. The smallest absolute Gasteiger partial charge is 0.224 e. The van der Waals surface area contributed by atoms with Crippen molar-refractivity contribution < 1.29 is 4.79 Å². The number of rotatable bonds is 8. The number of para-hydroxylation sites is 1. The molecule has 1 saturated heterocycles. The maximum absolute atomic E-state index is 12.6. The SMILES string of the molecule is C/C=C\C(=C/CC(=O)NC1CCN(CC)CC1)c1nn(-c2ccccc2)c(NC)c1C. The largest absolute Gasteiger partial charge is 0.373 e. The minimum absolute atomic E-state index is 0.0749. The van der Waals surface area contributed by atoms with Gasteiger partial charge in [0.1, 0.15) is 5.82 Å². The van der Waals surface area contributed by atoms with Crippen LogP contribution in [-0.2, 0) is 4.79 Å². The minimum atomic E-state index is 0.0749. The molecule has 6 nitrogen and oxygen atoms in total. The lowest BCUT2D eigenvalue weighted by Crippen LogP contribution is -2.44. The minimum Gasteiger partial charge on any atom is -0.373 e. The predicted octanol–water partition coefficient (Wildman–Crippen LogP) is 4.17. The van der Waals surface area contributed by atoms with Crippen LogP contribution in [0.3, 0.4) is 0 Å². The summed E-state index contributed by atoms with van der Waals surface area (Å²) in [4.78, 5) is 15.0. The molecule has 1 fully saturated rings. The molecule has 2 aromatic rings. The third kappa shape index (κ3) is 5.64. The number of benzene rings is 1. The van der Waals surface area contributed by atoms with Crippen LogP contribution in [0.4, 0.5) is 5.82 Å². The summed E-state index contributed by atoms with van der Waals surface area (Å²) in [7, 11) is 1.91. The fraction of sp³-hybridized carbons (Fsp3) is 0.440. The first kappa shape index (κ1) is 22.8. The van der Waals surface area contributed by atoms with Gasteiger partial charge in [-0.15, -0.1) is 0 Å². The molecule has 1 amide bonds. The number of hydrogen-bond donors (Lipinski definition) is 2. The van der Waals surface area contributed by atoms with Crippen molar-refractivity contribution in [1.29, 1.82) is 0 Å². The van der Waals surface area contributed by atoms with Crippen LogP contribution in [0.25, 0.3) is 11.3 Å². The molecule has 31 heavy (non-hydrogen) atoms. The van der Waals surface area contributed by atoms with Gasteiger partial charge in [0.15, 0.2) is 0 Å².